The van der Waals surface area contributed by atoms with E-state index in [9.17, 15) is 0 Å². The summed E-state index contributed by atoms with van der Waals surface area (Å²) < 4.78 is 5.89. The summed E-state index contributed by atoms with van der Waals surface area (Å²) in [5.41, 5.74) is 7.98. The molecule has 2 N–H and O–H groups in total. The summed E-state index contributed by atoms with van der Waals surface area (Å²) in [6.45, 7) is 3.31. The first-order valence-corrected chi connectivity index (χ1v) is 8.15. The molecule has 0 spiro atoms. The van der Waals surface area contributed by atoms with Crippen molar-refractivity contribution in [2.24, 2.45) is 5.73 Å². The molecule has 1 saturated heterocycles. The maximum Gasteiger partial charge on any atom is 0.124 e. The minimum Gasteiger partial charge on any atom is -0.368 e. The van der Waals surface area contributed by atoms with Gasteiger partial charge in [0.1, 0.15) is 11.1 Å². The second kappa shape index (κ2) is 6.66. The first kappa shape index (κ1) is 14.7. The van der Waals surface area contributed by atoms with E-state index in [1.165, 1.54) is 4.88 Å². The molecule has 4 nitrogen and oxygen atoms in total. The average molecular weight is 303 g/mol. The minimum absolute atomic E-state index is 0.0859. The van der Waals surface area contributed by atoms with Gasteiger partial charge in [0, 0.05) is 23.5 Å². The van der Waals surface area contributed by atoms with E-state index in [0.717, 1.165) is 42.4 Å². The van der Waals surface area contributed by atoms with Crippen LogP contribution in [0.5, 0.6) is 0 Å². The molecule has 0 bridgehead atoms. The van der Waals surface area contributed by atoms with Crippen LogP contribution in [0, 0.1) is 0 Å². The van der Waals surface area contributed by atoms with Crippen LogP contribution in [0.3, 0.4) is 0 Å². The summed E-state index contributed by atoms with van der Waals surface area (Å²) in [5, 5.41) is 1.07. The first-order valence-electron chi connectivity index (χ1n) is 7.33. The van der Waals surface area contributed by atoms with Crippen LogP contribution in [0.4, 0.5) is 0 Å². The van der Waals surface area contributed by atoms with Gasteiger partial charge >= 0.3 is 0 Å². The van der Waals surface area contributed by atoms with Crippen molar-refractivity contribution < 1.29 is 4.74 Å². The van der Waals surface area contributed by atoms with Crippen LogP contribution >= 0.6 is 11.3 Å². The first-order chi connectivity index (χ1) is 10.3. The fourth-order valence-electron chi connectivity index (χ4n) is 2.56. The lowest BCUT2D eigenvalue weighted by molar-refractivity contribution is -0.0209. The number of nitrogens with zero attached hydrogens (tertiary/aromatic N) is 2. The molecule has 5 heteroatoms. The Balaban J connectivity index is 1.92. The summed E-state index contributed by atoms with van der Waals surface area (Å²) in [6.07, 6.45) is 0.951. The maximum atomic E-state index is 5.89. The van der Waals surface area contributed by atoms with Crippen molar-refractivity contribution in [3.63, 3.8) is 0 Å². The van der Waals surface area contributed by atoms with Gasteiger partial charge in [0.25, 0.3) is 0 Å². The molecule has 1 fully saturated rings. The van der Waals surface area contributed by atoms with Crippen LogP contribution < -0.4 is 5.73 Å². The Hall–Kier alpha value is -1.27. The molecular weight excluding hydrogens is 282 g/mol. The second-order valence-electron chi connectivity index (χ2n) is 5.35. The third kappa shape index (κ3) is 3.32. The fourth-order valence-corrected chi connectivity index (χ4v) is 3.70. The van der Waals surface area contributed by atoms with Gasteiger partial charge in [0.15, 0.2) is 0 Å². The normalized spacial score (nSPS) is 19.8. The van der Waals surface area contributed by atoms with E-state index in [1.54, 1.807) is 11.3 Å². The molecule has 0 aliphatic carbocycles. The van der Waals surface area contributed by atoms with Gasteiger partial charge < -0.3 is 15.4 Å². The smallest absolute Gasteiger partial charge is 0.124 e. The molecular formula is C16H21N3OS. The highest BCUT2D eigenvalue weighted by molar-refractivity contribution is 7.12. The maximum absolute atomic E-state index is 5.89. The highest BCUT2D eigenvalue weighted by atomic mass is 32.1. The topological polar surface area (TPSA) is 51.4 Å². The average Bonchev–Trinajstić information content (AvgIpc) is 2.93. The molecule has 3 rings (SSSR count). The molecule has 1 aromatic heterocycles. The van der Waals surface area contributed by atoms with E-state index in [0.29, 0.717) is 6.54 Å². The van der Waals surface area contributed by atoms with Crippen molar-refractivity contribution in [1.82, 2.24) is 9.88 Å². The number of benzene rings is 1. The van der Waals surface area contributed by atoms with Crippen molar-refractivity contribution in [2.75, 3.05) is 33.3 Å². The molecule has 2 heterocycles. The zero-order chi connectivity index (χ0) is 14.7. The molecule has 21 heavy (non-hydrogen) atoms. The number of morpholine rings is 1. The molecule has 1 aliphatic rings. The number of aromatic nitrogens is 1. The molecule has 0 saturated carbocycles. The van der Waals surface area contributed by atoms with Gasteiger partial charge in [-0.1, -0.05) is 30.3 Å². The highest BCUT2D eigenvalue weighted by Crippen LogP contribution is 2.33. The third-order valence-corrected chi connectivity index (χ3v) is 4.88. The largest absolute Gasteiger partial charge is 0.368 e. The second-order valence-corrected chi connectivity index (χ2v) is 6.47. The number of ether oxygens (including phenoxy) is 1. The summed E-state index contributed by atoms with van der Waals surface area (Å²) in [6, 6.07) is 10.3. The summed E-state index contributed by atoms with van der Waals surface area (Å²) >= 11 is 1.74. The van der Waals surface area contributed by atoms with E-state index >= 15 is 0 Å². The molecule has 0 amide bonds. The van der Waals surface area contributed by atoms with Gasteiger partial charge in [-0.3, -0.25) is 0 Å². The molecule has 112 valence electrons. The summed E-state index contributed by atoms with van der Waals surface area (Å²) in [4.78, 5) is 8.42. The number of likely N-dealkylation sites (N-methyl/N-ethyl adjacent to an activating group) is 1. The van der Waals surface area contributed by atoms with Crippen LogP contribution in [0.25, 0.3) is 11.3 Å². The number of rotatable bonds is 4. The molecule has 0 radical (unpaired) electrons. The van der Waals surface area contributed by atoms with Crippen molar-refractivity contribution in [3.8, 4) is 11.3 Å². The molecule has 1 aliphatic heterocycles. The van der Waals surface area contributed by atoms with Gasteiger partial charge in [0.2, 0.25) is 0 Å². The van der Waals surface area contributed by atoms with E-state index in [4.69, 9.17) is 15.5 Å². The number of hydrogen-bond donors (Lipinski definition) is 1. The molecule has 2 aromatic rings. The predicted molar refractivity (Wildman–Crippen MR) is 86.5 cm³/mol. The zero-order valence-electron chi connectivity index (χ0n) is 12.3. The lowest BCUT2D eigenvalue weighted by Gasteiger charge is -2.28. The molecule has 1 aromatic carbocycles. The van der Waals surface area contributed by atoms with Crippen LogP contribution in [0.1, 0.15) is 16.0 Å². The van der Waals surface area contributed by atoms with E-state index in [2.05, 4.69) is 24.1 Å². The highest BCUT2D eigenvalue weighted by Gasteiger charge is 2.24. The summed E-state index contributed by atoms with van der Waals surface area (Å²) in [7, 11) is 2.13. The van der Waals surface area contributed by atoms with E-state index < -0.39 is 0 Å². The Morgan fingerprint density at radius 2 is 2.19 bits per heavy atom. The van der Waals surface area contributed by atoms with Gasteiger partial charge in [0.05, 0.1) is 12.3 Å². The van der Waals surface area contributed by atoms with Crippen LogP contribution in [0.2, 0.25) is 0 Å². The Labute approximate surface area is 129 Å². The monoisotopic (exact) mass is 303 g/mol. The van der Waals surface area contributed by atoms with Gasteiger partial charge in [-0.25, -0.2) is 4.98 Å². The van der Waals surface area contributed by atoms with E-state index in [-0.39, 0.29) is 6.10 Å². The Morgan fingerprint density at radius 3 is 2.90 bits per heavy atom. The number of thiazole rings is 1. The minimum atomic E-state index is 0.0859. The molecule has 1 unspecified atom stereocenters. The Morgan fingerprint density at radius 1 is 1.38 bits per heavy atom. The van der Waals surface area contributed by atoms with Crippen LogP contribution in [0.15, 0.2) is 30.3 Å². The fraction of sp³-hybridized carbons (Fsp3) is 0.438. The van der Waals surface area contributed by atoms with Crippen LogP contribution in [-0.2, 0) is 11.2 Å². The van der Waals surface area contributed by atoms with Crippen molar-refractivity contribution >= 4 is 11.3 Å². The van der Waals surface area contributed by atoms with E-state index in [1.807, 2.05) is 18.2 Å². The SMILES string of the molecule is CN1CCOC(c2nc(-c3ccccc3)c(CCN)s2)C1. The molecule has 1 atom stereocenters. The van der Waals surface area contributed by atoms with Crippen LogP contribution in [-0.4, -0.2) is 43.2 Å². The summed E-state index contributed by atoms with van der Waals surface area (Å²) in [5.74, 6) is 0. The standard InChI is InChI=1S/C16H21N3OS/c1-19-9-10-20-13(11-19)16-18-15(14(21-16)7-8-17)12-5-3-2-4-6-12/h2-6,13H,7-11,17H2,1H3. The third-order valence-electron chi connectivity index (χ3n) is 3.68. The predicted octanol–water partition coefficient (Wildman–Crippen LogP) is 2.31. The number of nitrogens with two attached hydrogens (primary N) is 1. The van der Waals surface area contributed by atoms with Crippen molar-refractivity contribution in [2.45, 2.75) is 12.5 Å². The lowest BCUT2D eigenvalue weighted by Crippen LogP contribution is -2.35. The Kier molecular flexibility index (Phi) is 4.65. The van der Waals surface area contributed by atoms with Crippen molar-refractivity contribution in [1.29, 1.82) is 0 Å². The zero-order valence-corrected chi connectivity index (χ0v) is 13.1. The number of hydrogen-bond acceptors (Lipinski definition) is 5. The van der Waals surface area contributed by atoms with Gasteiger partial charge in [-0.2, -0.15) is 0 Å². The van der Waals surface area contributed by atoms with Gasteiger partial charge in [-0.05, 0) is 20.0 Å². The van der Waals surface area contributed by atoms with Gasteiger partial charge in [-0.15, -0.1) is 11.3 Å². The lowest BCUT2D eigenvalue weighted by atomic mass is 10.1. The Bertz CT molecular complexity index is 584. The van der Waals surface area contributed by atoms with Crippen molar-refractivity contribution in [3.05, 3.63) is 40.2 Å². The quantitative estimate of drug-likeness (QED) is 0.942.